The first-order valence-electron chi connectivity index (χ1n) is 8.64. The molecule has 2 saturated carbocycles. The van der Waals surface area contributed by atoms with Crippen LogP contribution in [0.3, 0.4) is 0 Å². The zero-order chi connectivity index (χ0) is 19.4. The van der Waals surface area contributed by atoms with E-state index in [-0.39, 0.29) is 17.8 Å². The van der Waals surface area contributed by atoms with Crippen molar-refractivity contribution in [2.75, 3.05) is 17.7 Å². The Labute approximate surface area is 153 Å². The zero-order valence-corrected chi connectivity index (χ0v) is 14.8. The molecular formula is C17H18F3N7. The lowest BCUT2D eigenvalue weighted by molar-refractivity contribution is -0.137. The lowest BCUT2D eigenvalue weighted by Gasteiger charge is -2.12. The molecule has 2 aromatic heterocycles. The van der Waals surface area contributed by atoms with Gasteiger partial charge in [-0.15, -0.1) is 0 Å². The van der Waals surface area contributed by atoms with E-state index in [0.29, 0.717) is 11.6 Å². The van der Waals surface area contributed by atoms with Gasteiger partial charge in [0.1, 0.15) is 11.4 Å². The van der Waals surface area contributed by atoms with Gasteiger partial charge in [0.15, 0.2) is 0 Å². The summed E-state index contributed by atoms with van der Waals surface area (Å²) in [5, 5.41) is 19.3. The van der Waals surface area contributed by atoms with Crippen molar-refractivity contribution in [1.29, 1.82) is 5.26 Å². The molecule has 0 bridgehead atoms. The number of halogens is 3. The molecule has 0 unspecified atom stereocenters. The normalized spacial score (nSPS) is 24.4. The number of nitrogens with zero attached hydrogens (tertiary/aromatic N) is 5. The average Bonchev–Trinajstić information content (AvgIpc) is 3.54. The summed E-state index contributed by atoms with van der Waals surface area (Å²) in [4.78, 5) is 7.76. The Hall–Kier alpha value is -2.83. The van der Waals surface area contributed by atoms with Crippen LogP contribution in [0.1, 0.15) is 49.4 Å². The van der Waals surface area contributed by atoms with Crippen molar-refractivity contribution in [3.05, 3.63) is 23.7 Å². The number of hydrogen-bond donors (Lipinski definition) is 2. The van der Waals surface area contributed by atoms with Crippen LogP contribution in [0, 0.1) is 16.7 Å². The maximum atomic E-state index is 13.0. The van der Waals surface area contributed by atoms with Crippen molar-refractivity contribution in [3.63, 3.8) is 0 Å². The fourth-order valence-electron chi connectivity index (χ4n) is 3.13. The van der Waals surface area contributed by atoms with Gasteiger partial charge in [-0.2, -0.15) is 28.5 Å². The Morgan fingerprint density at radius 2 is 2.11 bits per heavy atom. The van der Waals surface area contributed by atoms with E-state index in [1.165, 1.54) is 7.05 Å². The third-order valence-electron chi connectivity index (χ3n) is 5.07. The second kappa shape index (κ2) is 5.84. The third-order valence-corrected chi connectivity index (χ3v) is 5.07. The van der Waals surface area contributed by atoms with E-state index in [2.05, 4.69) is 31.8 Å². The van der Waals surface area contributed by atoms with Crippen LogP contribution in [0.15, 0.2) is 12.4 Å². The predicted molar refractivity (Wildman–Crippen MR) is 91.4 cm³/mol. The number of aromatic nitrogens is 4. The number of hydrogen-bond acceptors (Lipinski definition) is 6. The molecule has 2 fully saturated rings. The Balaban J connectivity index is 1.63. The quantitative estimate of drug-likeness (QED) is 0.823. The highest BCUT2D eigenvalue weighted by Gasteiger charge is 2.53. The summed E-state index contributed by atoms with van der Waals surface area (Å²) in [5.41, 5.74) is 0.175. The van der Waals surface area contributed by atoms with Crippen molar-refractivity contribution in [2.24, 2.45) is 5.41 Å². The fourth-order valence-corrected chi connectivity index (χ4v) is 3.13. The molecule has 0 amide bonds. The summed E-state index contributed by atoms with van der Waals surface area (Å²) in [6.45, 7) is 1.89. The molecule has 2 atom stereocenters. The summed E-state index contributed by atoms with van der Waals surface area (Å²) in [5.74, 6) is 0.0892. The number of nitriles is 1. The van der Waals surface area contributed by atoms with Crippen LogP contribution in [0.2, 0.25) is 0 Å². The maximum Gasteiger partial charge on any atom is 0.421 e. The highest BCUT2D eigenvalue weighted by Crippen LogP contribution is 2.56. The maximum absolute atomic E-state index is 13.0. The molecule has 0 radical (unpaired) electrons. The molecule has 7 nitrogen and oxygen atoms in total. The molecule has 142 valence electrons. The average molecular weight is 377 g/mol. The van der Waals surface area contributed by atoms with E-state index < -0.39 is 17.2 Å². The first-order chi connectivity index (χ1) is 12.7. The van der Waals surface area contributed by atoms with E-state index in [0.717, 1.165) is 31.2 Å². The molecule has 2 aliphatic rings. The van der Waals surface area contributed by atoms with Crippen LogP contribution in [-0.2, 0) is 6.18 Å². The zero-order valence-electron chi connectivity index (χ0n) is 14.8. The molecule has 2 N–H and O–H groups in total. The van der Waals surface area contributed by atoms with Crippen LogP contribution < -0.4 is 10.6 Å². The molecule has 0 spiro atoms. The standard InChI is InChI=1S/C17H18F3N7/c1-16(8-21)5-12(16)27-7-11(13(26-27)9-3-4-9)24-15-23-6-10(17(18,19)20)14(22-2)25-15/h6-7,9,12H,3-5H2,1-2H3,(H2,22,23,24,25)/t12-,16-/m1/s1. The first kappa shape index (κ1) is 17.6. The van der Waals surface area contributed by atoms with Gasteiger partial charge in [-0.1, -0.05) is 0 Å². The summed E-state index contributed by atoms with van der Waals surface area (Å²) in [7, 11) is 1.38. The van der Waals surface area contributed by atoms with Crippen LogP contribution in [0.25, 0.3) is 0 Å². The number of alkyl halides is 3. The number of rotatable bonds is 5. The fraction of sp³-hybridized carbons (Fsp3) is 0.529. The van der Waals surface area contributed by atoms with Gasteiger partial charge < -0.3 is 10.6 Å². The van der Waals surface area contributed by atoms with Gasteiger partial charge >= 0.3 is 6.18 Å². The monoisotopic (exact) mass is 377 g/mol. The minimum atomic E-state index is -4.53. The van der Waals surface area contributed by atoms with Gasteiger partial charge in [0.05, 0.1) is 28.9 Å². The largest absolute Gasteiger partial charge is 0.421 e. The molecule has 4 rings (SSSR count). The molecule has 0 aliphatic heterocycles. The highest BCUT2D eigenvalue weighted by atomic mass is 19.4. The van der Waals surface area contributed by atoms with Gasteiger partial charge in [-0.3, -0.25) is 4.68 Å². The Kier molecular flexibility index (Phi) is 3.80. The van der Waals surface area contributed by atoms with Crippen LogP contribution in [0.4, 0.5) is 30.6 Å². The Morgan fingerprint density at radius 3 is 2.67 bits per heavy atom. The van der Waals surface area contributed by atoms with Crippen molar-refractivity contribution in [1.82, 2.24) is 19.7 Å². The van der Waals surface area contributed by atoms with E-state index in [4.69, 9.17) is 0 Å². The van der Waals surface area contributed by atoms with E-state index >= 15 is 0 Å². The second-order valence-corrected chi connectivity index (χ2v) is 7.26. The minimum absolute atomic E-state index is 0.0111. The third kappa shape index (κ3) is 3.18. The van der Waals surface area contributed by atoms with E-state index in [9.17, 15) is 18.4 Å². The van der Waals surface area contributed by atoms with Gasteiger partial charge in [0.25, 0.3) is 0 Å². The molecule has 2 heterocycles. The first-order valence-corrected chi connectivity index (χ1v) is 8.64. The van der Waals surface area contributed by atoms with E-state index in [1.807, 2.05) is 6.92 Å². The van der Waals surface area contributed by atoms with Gasteiger partial charge in [-0.25, -0.2) is 4.98 Å². The molecule has 0 aromatic carbocycles. The van der Waals surface area contributed by atoms with Crippen molar-refractivity contribution < 1.29 is 13.2 Å². The lowest BCUT2D eigenvalue weighted by Crippen LogP contribution is -2.12. The molecule has 2 aromatic rings. The van der Waals surface area contributed by atoms with Gasteiger partial charge in [0.2, 0.25) is 5.95 Å². The summed E-state index contributed by atoms with van der Waals surface area (Å²) >= 11 is 0. The number of nitrogens with one attached hydrogen (secondary N) is 2. The Bertz CT molecular complexity index is 926. The summed E-state index contributed by atoms with van der Waals surface area (Å²) in [6, 6.07) is 2.31. The molecule has 0 saturated heterocycles. The lowest BCUT2D eigenvalue weighted by atomic mass is 10.2. The second-order valence-electron chi connectivity index (χ2n) is 7.26. The summed E-state index contributed by atoms with van der Waals surface area (Å²) in [6.07, 6.45) is 0.782. The molecule has 10 heteroatoms. The van der Waals surface area contributed by atoms with Crippen molar-refractivity contribution in [3.8, 4) is 6.07 Å². The Morgan fingerprint density at radius 1 is 1.37 bits per heavy atom. The van der Waals surface area contributed by atoms with Crippen molar-refractivity contribution in [2.45, 2.75) is 44.3 Å². The highest BCUT2D eigenvalue weighted by molar-refractivity contribution is 5.59. The van der Waals surface area contributed by atoms with Gasteiger partial charge in [0, 0.05) is 25.4 Å². The van der Waals surface area contributed by atoms with Gasteiger partial charge in [-0.05, 0) is 26.2 Å². The van der Waals surface area contributed by atoms with Crippen molar-refractivity contribution >= 4 is 17.5 Å². The molecule has 2 aliphatic carbocycles. The van der Waals surface area contributed by atoms with E-state index in [1.54, 1.807) is 10.9 Å². The molecular weight excluding hydrogens is 359 g/mol. The van der Waals surface area contributed by atoms with Crippen LogP contribution in [-0.4, -0.2) is 26.8 Å². The molecule has 27 heavy (non-hydrogen) atoms. The SMILES string of the molecule is CNc1nc(Nc2cn([C@@H]3C[C@]3(C)C#N)nc2C2CC2)ncc1C(F)(F)F. The number of anilines is 3. The smallest absolute Gasteiger partial charge is 0.372 e. The summed E-state index contributed by atoms with van der Waals surface area (Å²) < 4.78 is 40.8. The van der Waals surface area contributed by atoms with Crippen LogP contribution in [0.5, 0.6) is 0 Å². The topological polar surface area (TPSA) is 91.5 Å². The minimum Gasteiger partial charge on any atom is -0.372 e. The van der Waals surface area contributed by atoms with Crippen LogP contribution >= 0.6 is 0 Å². The predicted octanol–water partition coefficient (Wildman–Crippen LogP) is 3.83.